The summed E-state index contributed by atoms with van der Waals surface area (Å²) in [4.78, 5) is 2.37. The quantitative estimate of drug-likeness (QED) is 0.608. The van der Waals surface area contributed by atoms with Gasteiger partial charge in [-0.3, -0.25) is 0 Å². The van der Waals surface area contributed by atoms with E-state index in [4.69, 9.17) is 23.2 Å². The second-order valence-electron chi connectivity index (χ2n) is 5.89. The molecule has 0 amide bonds. The van der Waals surface area contributed by atoms with E-state index in [9.17, 15) is 9.50 Å². The van der Waals surface area contributed by atoms with Gasteiger partial charge in [0, 0.05) is 24.2 Å². The van der Waals surface area contributed by atoms with Gasteiger partial charge in [0.1, 0.15) is 5.82 Å². The summed E-state index contributed by atoms with van der Waals surface area (Å²) in [6.45, 7) is 5.73. The van der Waals surface area contributed by atoms with Crippen LogP contribution in [0, 0.1) is 5.82 Å². The Bertz CT molecular complexity index is 493. The molecule has 0 spiro atoms. The third-order valence-electron chi connectivity index (χ3n) is 4.16. The molecule has 1 unspecified atom stereocenters. The molecule has 0 saturated carbocycles. The lowest BCUT2D eigenvalue weighted by Gasteiger charge is -2.29. The number of benzene rings is 1. The predicted octanol–water partition coefficient (Wildman–Crippen LogP) is 3.63. The lowest BCUT2D eigenvalue weighted by Crippen LogP contribution is -2.37. The molecule has 1 aliphatic heterocycles. The van der Waals surface area contributed by atoms with Crippen LogP contribution in [0.3, 0.4) is 0 Å². The van der Waals surface area contributed by atoms with Crippen molar-refractivity contribution in [1.82, 2.24) is 10.2 Å². The summed E-state index contributed by atoms with van der Waals surface area (Å²) in [7, 11) is 0. The first-order chi connectivity index (χ1) is 10.5. The Morgan fingerprint density at radius 2 is 2.00 bits per heavy atom. The Hall–Kier alpha value is -0.390. The smallest absolute Gasteiger partial charge is 0.142 e. The summed E-state index contributed by atoms with van der Waals surface area (Å²) in [5, 5.41) is 13.4. The molecule has 22 heavy (non-hydrogen) atoms. The normalized spacial score (nSPS) is 18.6. The van der Waals surface area contributed by atoms with Crippen molar-refractivity contribution >= 4 is 23.2 Å². The summed E-state index contributed by atoms with van der Waals surface area (Å²) in [6.07, 6.45) is 2.61. The van der Waals surface area contributed by atoms with E-state index < -0.39 is 5.82 Å². The molecule has 1 heterocycles. The molecule has 1 fully saturated rings. The van der Waals surface area contributed by atoms with E-state index in [-0.39, 0.29) is 17.2 Å². The lowest BCUT2D eigenvalue weighted by molar-refractivity contribution is 0.0820. The number of hydrogen-bond acceptors (Lipinski definition) is 3. The van der Waals surface area contributed by atoms with Crippen LogP contribution in [0.15, 0.2) is 12.1 Å². The minimum absolute atomic E-state index is 0.0255. The average molecular weight is 349 g/mol. The average Bonchev–Trinajstić information content (AvgIpc) is 2.49. The van der Waals surface area contributed by atoms with Crippen LogP contribution < -0.4 is 5.32 Å². The molecule has 0 radical (unpaired) electrons. The van der Waals surface area contributed by atoms with Crippen molar-refractivity contribution in [3.63, 3.8) is 0 Å². The monoisotopic (exact) mass is 348 g/mol. The number of piperidine rings is 1. The number of likely N-dealkylation sites (tertiary alicyclic amines) is 1. The minimum atomic E-state index is -0.443. The van der Waals surface area contributed by atoms with Gasteiger partial charge in [0.2, 0.25) is 0 Å². The number of aliphatic hydroxyl groups excluding tert-OH is 1. The van der Waals surface area contributed by atoms with Gasteiger partial charge in [-0.05, 0) is 57.0 Å². The van der Waals surface area contributed by atoms with Crippen LogP contribution in [-0.4, -0.2) is 42.3 Å². The topological polar surface area (TPSA) is 35.5 Å². The fourth-order valence-electron chi connectivity index (χ4n) is 2.74. The van der Waals surface area contributed by atoms with E-state index in [1.54, 1.807) is 0 Å². The maximum absolute atomic E-state index is 13.5. The third kappa shape index (κ3) is 5.07. The molecular weight excluding hydrogens is 326 g/mol. The molecule has 2 N–H and O–H groups in total. The highest BCUT2D eigenvalue weighted by Crippen LogP contribution is 2.28. The van der Waals surface area contributed by atoms with Crippen LogP contribution in [0.2, 0.25) is 10.0 Å². The number of nitrogens with zero attached hydrogens (tertiary/aromatic N) is 1. The van der Waals surface area contributed by atoms with Gasteiger partial charge in [0.05, 0.1) is 11.1 Å². The SMILES string of the molecule is CC(NCCCN1CCC(O)CC1)c1cc(F)c(Cl)cc1Cl. The summed E-state index contributed by atoms with van der Waals surface area (Å²) in [6, 6.07) is 2.82. The first kappa shape index (κ1) is 18.0. The Labute approximate surface area is 141 Å². The summed E-state index contributed by atoms with van der Waals surface area (Å²) >= 11 is 11.8. The molecule has 1 aromatic carbocycles. The molecule has 1 atom stereocenters. The van der Waals surface area contributed by atoms with E-state index in [1.807, 2.05) is 6.92 Å². The minimum Gasteiger partial charge on any atom is -0.393 e. The molecule has 1 aromatic rings. The molecule has 6 heteroatoms. The van der Waals surface area contributed by atoms with Gasteiger partial charge in [-0.1, -0.05) is 23.2 Å². The largest absolute Gasteiger partial charge is 0.393 e. The van der Waals surface area contributed by atoms with Crippen molar-refractivity contribution in [2.75, 3.05) is 26.2 Å². The van der Waals surface area contributed by atoms with Crippen LogP contribution in [0.1, 0.15) is 37.8 Å². The zero-order valence-corrected chi connectivity index (χ0v) is 14.3. The van der Waals surface area contributed by atoms with E-state index in [0.29, 0.717) is 5.02 Å². The number of hydrogen-bond donors (Lipinski definition) is 2. The van der Waals surface area contributed by atoms with Crippen molar-refractivity contribution in [2.45, 2.75) is 38.3 Å². The summed E-state index contributed by atoms with van der Waals surface area (Å²) in [5.41, 5.74) is 0.727. The first-order valence-electron chi connectivity index (χ1n) is 7.75. The van der Waals surface area contributed by atoms with Crippen LogP contribution >= 0.6 is 23.2 Å². The van der Waals surface area contributed by atoms with Crippen molar-refractivity contribution in [3.8, 4) is 0 Å². The highest BCUT2D eigenvalue weighted by molar-refractivity contribution is 6.35. The number of halogens is 3. The second-order valence-corrected chi connectivity index (χ2v) is 6.70. The predicted molar refractivity (Wildman–Crippen MR) is 89.1 cm³/mol. The van der Waals surface area contributed by atoms with E-state index in [1.165, 1.54) is 12.1 Å². The lowest BCUT2D eigenvalue weighted by atomic mass is 10.1. The van der Waals surface area contributed by atoms with Gasteiger partial charge in [0.15, 0.2) is 0 Å². The van der Waals surface area contributed by atoms with Gasteiger partial charge in [-0.15, -0.1) is 0 Å². The molecular formula is C16H23Cl2FN2O. The molecule has 2 rings (SSSR count). The number of aliphatic hydroxyl groups is 1. The van der Waals surface area contributed by atoms with Crippen molar-refractivity contribution < 1.29 is 9.50 Å². The van der Waals surface area contributed by atoms with Crippen LogP contribution in [-0.2, 0) is 0 Å². The number of rotatable bonds is 6. The van der Waals surface area contributed by atoms with E-state index in [0.717, 1.165) is 51.0 Å². The van der Waals surface area contributed by atoms with E-state index >= 15 is 0 Å². The van der Waals surface area contributed by atoms with Gasteiger partial charge in [-0.2, -0.15) is 0 Å². The molecule has 0 bridgehead atoms. The molecule has 124 valence electrons. The Kier molecular flexibility index (Phi) is 6.90. The third-order valence-corrected chi connectivity index (χ3v) is 4.78. The Morgan fingerprint density at radius 3 is 2.68 bits per heavy atom. The molecule has 0 aromatic heterocycles. The summed E-state index contributed by atoms with van der Waals surface area (Å²) < 4.78 is 13.5. The maximum Gasteiger partial charge on any atom is 0.142 e. The van der Waals surface area contributed by atoms with Gasteiger partial charge < -0.3 is 15.3 Å². The molecule has 1 aliphatic rings. The standard InChI is InChI=1S/C16H23Cl2FN2O/c1-11(13-9-16(19)15(18)10-14(13)17)20-5-2-6-21-7-3-12(22)4-8-21/h9-12,20,22H,2-8H2,1H3. The Morgan fingerprint density at radius 1 is 1.32 bits per heavy atom. The molecule has 0 aliphatic carbocycles. The second kappa shape index (κ2) is 8.46. The highest BCUT2D eigenvalue weighted by Gasteiger charge is 2.16. The van der Waals surface area contributed by atoms with Crippen LogP contribution in [0.4, 0.5) is 4.39 Å². The van der Waals surface area contributed by atoms with Crippen molar-refractivity contribution in [1.29, 1.82) is 0 Å². The highest BCUT2D eigenvalue weighted by atomic mass is 35.5. The Balaban J connectivity index is 1.74. The van der Waals surface area contributed by atoms with Gasteiger partial charge >= 0.3 is 0 Å². The fraction of sp³-hybridized carbons (Fsp3) is 0.625. The van der Waals surface area contributed by atoms with Crippen molar-refractivity contribution in [3.05, 3.63) is 33.6 Å². The van der Waals surface area contributed by atoms with E-state index in [2.05, 4.69) is 10.2 Å². The molecule has 1 saturated heterocycles. The zero-order chi connectivity index (χ0) is 16.1. The van der Waals surface area contributed by atoms with Gasteiger partial charge in [0.25, 0.3) is 0 Å². The van der Waals surface area contributed by atoms with Crippen molar-refractivity contribution in [2.24, 2.45) is 0 Å². The first-order valence-corrected chi connectivity index (χ1v) is 8.51. The van der Waals surface area contributed by atoms with Crippen LogP contribution in [0.5, 0.6) is 0 Å². The van der Waals surface area contributed by atoms with Gasteiger partial charge in [-0.25, -0.2) is 4.39 Å². The van der Waals surface area contributed by atoms with Crippen LogP contribution in [0.25, 0.3) is 0 Å². The fourth-order valence-corrected chi connectivity index (χ4v) is 3.29. The maximum atomic E-state index is 13.5. The zero-order valence-electron chi connectivity index (χ0n) is 12.8. The number of nitrogens with one attached hydrogen (secondary N) is 1. The molecule has 3 nitrogen and oxygen atoms in total. The summed E-state index contributed by atoms with van der Waals surface area (Å²) in [5.74, 6) is -0.443.